The first-order chi connectivity index (χ1) is 34.4. The third-order valence-corrected chi connectivity index (χ3v) is 15.8. The zero-order chi connectivity index (χ0) is 56.9. The van der Waals surface area contributed by atoms with Gasteiger partial charge in [-0.15, -0.1) is 0 Å². The van der Waals surface area contributed by atoms with Crippen molar-refractivity contribution in [2.75, 3.05) is 0 Å². The summed E-state index contributed by atoms with van der Waals surface area (Å²) in [5.74, 6) is 3.65. The van der Waals surface area contributed by atoms with Gasteiger partial charge < -0.3 is 32.4 Å². The summed E-state index contributed by atoms with van der Waals surface area (Å²) in [5, 5.41) is 0. The highest BCUT2D eigenvalue weighted by Gasteiger charge is 2.62. The van der Waals surface area contributed by atoms with Crippen LogP contribution in [0, 0.1) is 0 Å². The second-order valence-corrected chi connectivity index (χ2v) is 31.1. The fourth-order valence-electron chi connectivity index (χ4n) is 11.1. The largest absolute Gasteiger partial charge is 0.685 e. The molecule has 4 aliphatic heterocycles. The second kappa shape index (κ2) is 17.7. The number of carbonyl (C=O) groups is 1. The van der Waals surface area contributed by atoms with Gasteiger partial charge in [0.2, 0.25) is 0 Å². The van der Waals surface area contributed by atoms with Crippen LogP contribution in [0.2, 0.25) is 0 Å². The van der Waals surface area contributed by atoms with Crippen LogP contribution in [-0.4, -0.2) is 40.6 Å². The third kappa shape index (κ3) is 10.00. The van der Waals surface area contributed by atoms with E-state index in [4.69, 9.17) is 18.6 Å². The number of nitrogens with zero attached hydrogens (tertiary/aromatic N) is 2. The number of rotatable bonds is 2. The highest BCUT2D eigenvalue weighted by atomic mass is 16.6. The van der Waals surface area contributed by atoms with Gasteiger partial charge in [-0.25, -0.2) is 0 Å². The normalized spacial score (nSPS) is 19.1. The van der Waals surface area contributed by atoms with E-state index in [1.165, 1.54) is 36.1 Å². The van der Waals surface area contributed by atoms with Gasteiger partial charge in [0.1, 0.15) is 29.7 Å². The number of ketones is 1. The lowest BCUT2D eigenvalue weighted by Gasteiger charge is -2.40. The molecule has 9 heteroatoms. The average Bonchev–Trinajstić information content (AvgIpc) is 3.76. The summed E-state index contributed by atoms with van der Waals surface area (Å²) in [6.07, 6.45) is 4.64. The molecule has 0 aromatic heterocycles. The average molecular weight is 1030 g/mol. The summed E-state index contributed by atoms with van der Waals surface area (Å²) in [6.45, 7) is 53.3. The van der Waals surface area contributed by atoms with Gasteiger partial charge >= 0.3 is 13.4 Å². The highest BCUT2D eigenvalue weighted by Crippen LogP contribution is 2.53. The van der Waals surface area contributed by atoms with E-state index < -0.39 is 13.4 Å². The van der Waals surface area contributed by atoms with Crippen LogP contribution in [0.4, 0.5) is 11.4 Å². The first kappa shape index (κ1) is 56.6. The van der Waals surface area contributed by atoms with E-state index in [1.807, 2.05) is 0 Å². The zero-order valence-electron chi connectivity index (χ0n) is 51.7. The Kier molecular flexibility index (Phi) is 13.2. The molecular formula is C67H92B2N2O5. The fraction of sp³-hybridized carbons (Fsp3) is 0.507. The Bertz CT molecular complexity index is 2990. The summed E-state index contributed by atoms with van der Waals surface area (Å²) in [4.78, 5) is 9.44. The smallest absolute Gasteiger partial charge is 0.618 e. The summed E-state index contributed by atoms with van der Waals surface area (Å²) in [5.41, 5.74) is 14.5. The first-order valence-electron chi connectivity index (χ1n) is 28.0. The van der Waals surface area contributed by atoms with Crippen LogP contribution in [0.1, 0.15) is 236 Å². The van der Waals surface area contributed by atoms with Crippen molar-refractivity contribution >= 4 is 53.9 Å². The van der Waals surface area contributed by atoms with Crippen LogP contribution in [-0.2, 0) is 48.1 Å². The van der Waals surface area contributed by atoms with Crippen LogP contribution in [0.25, 0.3) is 0 Å². The molecule has 4 heterocycles. The van der Waals surface area contributed by atoms with Gasteiger partial charge in [-0.2, -0.15) is 0 Å². The topological polar surface area (TPSA) is 60.0 Å². The van der Waals surface area contributed by atoms with Crippen molar-refractivity contribution < 1.29 is 32.4 Å². The molecule has 0 amide bonds. The maximum absolute atomic E-state index is 9.44. The number of hydrogen-bond acceptors (Lipinski definition) is 5. The Hall–Kier alpha value is -5.56. The number of hydrogen-bond donors (Lipinski definition) is 0. The van der Waals surface area contributed by atoms with Crippen molar-refractivity contribution in [1.82, 2.24) is 0 Å². The van der Waals surface area contributed by atoms with E-state index in [9.17, 15) is 4.79 Å². The Labute approximate surface area is 458 Å². The van der Waals surface area contributed by atoms with Crippen molar-refractivity contribution in [3.05, 3.63) is 128 Å². The molecule has 2 atom stereocenters. The third-order valence-electron chi connectivity index (χ3n) is 15.8. The van der Waals surface area contributed by atoms with Gasteiger partial charge in [-0.05, 0) is 114 Å². The number of carbonyl (C=O) groups excluding carboxylic acids is 1. The van der Waals surface area contributed by atoms with E-state index in [2.05, 4.69) is 260 Å². The molecule has 0 bridgehead atoms. The Balaban J connectivity index is 0.00000185. The lowest BCUT2D eigenvalue weighted by molar-refractivity contribution is -0.313. The molecule has 0 fully saturated rings. The van der Waals surface area contributed by atoms with Gasteiger partial charge in [0.05, 0.1) is 22.6 Å². The minimum Gasteiger partial charge on any atom is -0.618 e. The monoisotopic (exact) mass is 1030 g/mol. The van der Waals surface area contributed by atoms with E-state index in [-0.39, 0.29) is 49.1 Å². The zero-order valence-corrected chi connectivity index (χ0v) is 51.7. The molecule has 0 saturated heterocycles. The van der Waals surface area contributed by atoms with Gasteiger partial charge in [-0.1, -0.05) is 215 Å². The Morgan fingerprint density at radius 3 is 0.803 bits per heavy atom. The van der Waals surface area contributed by atoms with Crippen LogP contribution < -0.4 is 29.5 Å². The van der Waals surface area contributed by atoms with E-state index in [0.29, 0.717) is 0 Å². The molecule has 0 aliphatic carbocycles. The van der Waals surface area contributed by atoms with Crippen LogP contribution >= 0.6 is 0 Å². The molecule has 0 spiro atoms. The summed E-state index contributed by atoms with van der Waals surface area (Å²) < 4.78 is 35.5. The van der Waals surface area contributed by atoms with Crippen molar-refractivity contribution in [2.24, 2.45) is 0 Å². The maximum atomic E-state index is 9.44. The van der Waals surface area contributed by atoms with Gasteiger partial charge in [0.25, 0.3) is 0 Å². The lowest BCUT2D eigenvalue weighted by Crippen LogP contribution is -2.68. The van der Waals surface area contributed by atoms with Crippen LogP contribution in [0.3, 0.4) is 0 Å². The lowest BCUT2D eigenvalue weighted by atomic mass is 9.58. The van der Waals surface area contributed by atoms with Gasteiger partial charge in [-0.3, -0.25) is 0 Å². The van der Waals surface area contributed by atoms with E-state index in [0.717, 1.165) is 78.7 Å². The quantitative estimate of drug-likeness (QED) is 0.165. The molecule has 0 saturated carbocycles. The molecule has 0 N–H and O–H groups in total. The molecule has 5 aromatic carbocycles. The minimum atomic E-state index is -2.38. The molecule has 7 nitrogen and oxygen atoms in total. The SMILES string of the molecule is CC(C)(C)c1cc2c(c(C(C)(C)C)c1)O[B@@-]1(c3ccc([B@@-]45Oc6c(cc(C(C)(C)C)cc6C(C)(C)C)C=[N+]4c4cc(C(C)(C)C)cc(C(C)(C)C)c4O5)cc3)Oc3c(cc(C(C)(C)C)cc3C(C)(C)C)[N+]1=C2.CC(C)=O. The number of Topliss-reactive ketones (excluding diaryl/α,β-unsaturated/α-hetero) is 1. The van der Waals surface area contributed by atoms with Gasteiger partial charge in [0.15, 0.2) is 11.4 Å². The van der Waals surface area contributed by atoms with E-state index >= 15 is 0 Å². The predicted octanol–water partition coefficient (Wildman–Crippen LogP) is 15.4. The van der Waals surface area contributed by atoms with Crippen molar-refractivity contribution in [2.45, 2.75) is 223 Å². The van der Waals surface area contributed by atoms with E-state index in [1.54, 1.807) is 0 Å². The number of benzene rings is 5. The second-order valence-electron chi connectivity index (χ2n) is 31.1. The Morgan fingerprint density at radius 2 is 0.566 bits per heavy atom. The maximum Gasteiger partial charge on any atom is 0.685 e. The first-order valence-corrected chi connectivity index (χ1v) is 28.0. The van der Waals surface area contributed by atoms with Crippen molar-refractivity contribution in [1.29, 1.82) is 0 Å². The van der Waals surface area contributed by atoms with Crippen LogP contribution in [0.15, 0.2) is 72.8 Å². The summed E-state index contributed by atoms with van der Waals surface area (Å²) >= 11 is 0. The summed E-state index contributed by atoms with van der Waals surface area (Å²) in [7, 11) is 0. The standard InChI is InChI=1S/C64H86B2N2O4.C3H6O/c1-57(2,3)41-29-39-37-67-51-35-43(59(7,8)9)33-49(63(19,20)21)55(51)71-65(67,69-53(39)47(31-41)61(13,14)15)45-25-27-46(28-26-45)66-68(52-36-44(60(10,11)12)34-50(56(52)72-66)64(22,23)24)38-40-30-42(58(4,5)6)32-48(54(40)70-66)62(16,17)18;1-3(2)4/h25-38H,1-24H3;1-2H3/t65-,66-;/m0./s1. The van der Waals surface area contributed by atoms with Crippen molar-refractivity contribution in [3.63, 3.8) is 0 Å². The van der Waals surface area contributed by atoms with Gasteiger partial charge in [0, 0.05) is 23.3 Å². The van der Waals surface area contributed by atoms with Crippen LogP contribution in [0.5, 0.6) is 23.0 Å². The molecule has 0 unspecified atom stereocenters. The summed E-state index contributed by atoms with van der Waals surface area (Å²) in [6, 6.07) is 27.7. The minimum absolute atomic E-state index is 0.0722. The molecule has 9 rings (SSSR count). The highest BCUT2D eigenvalue weighted by molar-refractivity contribution is 6.79. The fourth-order valence-corrected chi connectivity index (χ4v) is 11.1. The molecule has 76 heavy (non-hydrogen) atoms. The molecular weight excluding hydrogens is 934 g/mol. The molecule has 5 aromatic rings. The predicted molar refractivity (Wildman–Crippen MR) is 322 cm³/mol. The molecule has 406 valence electrons. The molecule has 4 aliphatic rings. The number of fused-ring (bicyclic) bond motifs is 8. The van der Waals surface area contributed by atoms with Crippen molar-refractivity contribution in [3.8, 4) is 23.0 Å². The molecule has 0 radical (unpaired) electrons. The Morgan fingerprint density at radius 1 is 0.342 bits per heavy atom.